The number of hydrogen-bond donors (Lipinski definition) is 2. The molecule has 0 aromatic heterocycles. The van der Waals surface area contributed by atoms with E-state index in [-0.39, 0.29) is 11.9 Å². The second-order valence-electron chi connectivity index (χ2n) is 5.08. The summed E-state index contributed by atoms with van der Waals surface area (Å²) in [7, 11) is 3.87. The van der Waals surface area contributed by atoms with Crippen LogP contribution < -0.4 is 10.6 Å². The minimum atomic E-state index is 0.0223. The fourth-order valence-electron chi connectivity index (χ4n) is 2.44. The molecule has 1 aliphatic rings. The largest absolute Gasteiger partial charge is 0.358 e. The SMILES string of the molecule is CC.CC.CC.CCCCCN(C)CC1CCC(C(=O)NC)N1. The molecule has 0 aromatic carbocycles. The van der Waals surface area contributed by atoms with Crippen molar-refractivity contribution in [1.29, 1.82) is 0 Å². The Morgan fingerprint density at radius 2 is 1.65 bits per heavy atom. The lowest BCUT2D eigenvalue weighted by Crippen LogP contribution is -2.44. The zero-order valence-electron chi connectivity index (χ0n) is 17.5. The van der Waals surface area contributed by atoms with Crippen LogP contribution in [0.3, 0.4) is 0 Å². The van der Waals surface area contributed by atoms with Gasteiger partial charge in [0.05, 0.1) is 6.04 Å². The predicted octanol–water partition coefficient (Wildman–Crippen LogP) is 4.05. The summed E-state index contributed by atoms with van der Waals surface area (Å²) in [4.78, 5) is 13.8. The number of likely N-dealkylation sites (N-methyl/N-ethyl adjacent to an activating group) is 2. The summed E-state index contributed by atoms with van der Waals surface area (Å²) < 4.78 is 0. The van der Waals surface area contributed by atoms with Crippen molar-refractivity contribution in [1.82, 2.24) is 15.5 Å². The van der Waals surface area contributed by atoms with E-state index < -0.39 is 0 Å². The first kappa shape index (κ1) is 27.2. The molecule has 1 amide bonds. The number of unbranched alkanes of at least 4 members (excludes halogenated alkanes) is 2. The molecule has 2 atom stereocenters. The quantitative estimate of drug-likeness (QED) is 0.692. The summed E-state index contributed by atoms with van der Waals surface area (Å²) in [5.74, 6) is 0.126. The highest BCUT2D eigenvalue weighted by Crippen LogP contribution is 2.13. The monoisotopic (exact) mass is 331 g/mol. The lowest BCUT2D eigenvalue weighted by Gasteiger charge is -2.21. The fourth-order valence-corrected chi connectivity index (χ4v) is 2.44. The van der Waals surface area contributed by atoms with Crippen LogP contribution in [0.5, 0.6) is 0 Å². The van der Waals surface area contributed by atoms with Crippen LogP contribution in [0.1, 0.15) is 80.6 Å². The third kappa shape index (κ3) is 14.7. The molecule has 4 heteroatoms. The standard InChI is InChI=1S/C13H27N3O.3C2H6/c1-4-5-6-9-16(3)10-11-7-8-12(15-11)13(17)14-2;3*1-2/h11-12,15H,4-10H2,1-3H3,(H,14,17);3*1-2H3. The summed E-state index contributed by atoms with van der Waals surface area (Å²) in [5, 5.41) is 6.12. The number of nitrogens with zero attached hydrogens (tertiary/aromatic N) is 1. The minimum Gasteiger partial charge on any atom is -0.358 e. The number of carbonyl (C=O) groups excluding carboxylic acids is 1. The lowest BCUT2D eigenvalue weighted by molar-refractivity contribution is -0.122. The van der Waals surface area contributed by atoms with Gasteiger partial charge in [0.25, 0.3) is 0 Å². The van der Waals surface area contributed by atoms with Crippen molar-refractivity contribution in [2.24, 2.45) is 0 Å². The maximum Gasteiger partial charge on any atom is 0.236 e. The van der Waals surface area contributed by atoms with E-state index in [0.29, 0.717) is 6.04 Å². The Kier molecular flexibility index (Phi) is 25.3. The van der Waals surface area contributed by atoms with E-state index >= 15 is 0 Å². The average molecular weight is 332 g/mol. The number of hydrogen-bond acceptors (Lipinski definition) is 3. The molecule has 0 aliphatic carbocycles. The molecule has 4 nitrogen and oxygen atoms in total. The molecule has 1 rings (SSSR count). The Hall–Kier alpha value is -0.610. The summed E-state index contributed by atoms with van der Waals surface area (Å²) >= 11 is 0. The molecule has 0 bridgehead atoms. The Morgan fingerprint density at radius 1 is 1.09 bits per heavy atom. The summed E-state index contributed by atoms with van der Waals surface area (Å²) in [5.41, 5.74) is 0. The van der Waals surface area contributed by atoms with Gasteiger partial charge in [0.1, 0.15) is 0 Å². The smallest absolute Gasteiger partial charge is 0.236 e. The van der Waals surface area contributed by atoms with Crippen molar-refractivity contribution in [3.05, 3.63) is 0 Å². The highest BCUT2D eigenvalue weighted by atomic mass is 16.2. The third-order valence-corrected chi connectivity index (χ3v) is 3.48. The van der Waals surface area contributed by atoms with Crippen LogP contribution in [-0.4, -0.2) is 50.1 Å². The van der Waals surface area contributed by atoms with Crippen molar-refractivity contribution in [2.75, 3.05) is 27.2 Å². The predicted molar refractivity (Wildman–Crippen MR) is 105 cm³/mol. The highest BCUT2D eigenvalue weighted by molar-refractivity contribution is 5.81. The minimum absolute atomic E-state index is 0.0223. The molecular weight excluding hydrogens is 286 g/mol. The third-order valence-electron chi connectivity index (χ3n) is 3.48. The first-order chi connectivity index (χ1) is 11.2. The Labute approximate surface area is 146 Å². The molecule has 1 aliphatic heterocycles. The van der Waals surface area contributed by atoms with Crippen LogP contribution in [-0.2, 0) is 4.79 Å². The van der Waals surface area contributed by atoms with Crippen molar-refractivity contribution < 1.29 is 4.79 Å². The van der Waals surface area contributed by atoms with Gasteiger partial charge in [-0.25, -0.2) is 0 Å². The molecule has 23 heavy (non-hydrogen) atoms. The second kappa shape index (κ2) is 21.4. The van der Waals surface area contributed by atoms with Gasteiger partial charge in [-0.2, -0.15) is 0 Å². The van der Waals surface area contributed by atoms with Crippen LogP contribution in [0.2, 0.25) is 0 Å². The average Bonchev–Trinajstić information content (AvgIpc) is 3.08. The molecule has 1 heterocycles. The Morgan fingerprint density at radius 3 is 2.13 bits per heavy atom. The molecule has 1 fully saturated rings. The normalized spacial score (nSPS) is 18.7. The summed E-state index contributed by atoms with van der Waals surface area (Å²) in [6.07, 6.45) is 5.93. The van der Waals surface area contributed by atoms with Crippen molar-refractivity contribution in [3.63, 3.8) is 0 Å². The van der Waals surface area contributed by atoms with Crippen LogP contribution in [0, 0.1) is 0 Å². The first-order valence-corrected chi connectivity index (χ1v) is 9.83. The van der Waals surface area contributed by atoms with E-state index in [1.807, 2.05) is 41.5 Å². The number of rotatable bonds is 7. The second-order valence-corrected chi connectivity index (χ2v) is 5.08. The molecule has 2 N–H and O–H groups in total. The summed E-state index contributed by atoms with van der Waals surface area (Å²) in [6, 6.07) is 0.498. The number of carbonyl (C=O) groups is 1. The van der Waals surface area contributed by atoms with E-state index in [4.69, 9.17) is 0 Å². The van der Waals surface area contributed by atoms with Gasteiger partial charge in [0.2, 0.25) is 5.91 Å². The van der Waals surface area contributed by atoms with Gasteiger partial charge in [0, 0.05) is 19.6 Å². The van der Waals surface area contributed by atoms with E-state index in [9.17, 15) is 4.79 Å². The van der Waals surface area contributed by atoms with Gasteiger partial charge in [-0.3, -0.25) is 4.79 Å². The molecular formula is C19H45N3O. The van der Waals surface area contributed by atoms with Gasteiger partial charge >= 0.3 is 0 Å². The zero-order chi connectivity index (χ0) is 18.7. The van der Waals surface area contributed by atoms with E-state index in [1.54, 1.807) is 7.05 Å². The van der Waals surface area contributed by atoms with E-state index in [2.05, 4.69) is 29.5 Å². The maximum atomic E-state index is 11.5. The van der Waals surface area contributed by atoms with Gasteiger partial charge in [-0.1, -0.05) is 61.3 Å². The number of nitrogens with one attached hydrogen (secondary N) is 2. The Bertz CT molecular complexity index is 235. The van der Waals surface area contributed by atoms with Gasteiger partial charge in [0.15, 0.2) is 0 Å². The van der Waals surface area contributed by atoms with Crippen molar-refractivity contribution >= 4 is 5.91 Å². The summed E-state index contributed by atoms with van der Waals surface area (Å²) in [6.45, 7) is 16.4. The van der Waals surface area contributed by atoms with Crippen molar-refractivity contribution in [2.45, 2.75) is 92.7 Å². The highest BCUT2D eigenvalue weighted by Gasteiger charge is 2.28. The molecule has 0 saturated carbocycles. The topological polar surface area (TPSA) is 44.4 Å². The van der Waals surface area contributed by atoms with E-state index in [0.717, 1.165) is 25.9 Å². The molecule has 0 aromatic rings. The fraction of sp³-hybridized carbons (Fsp3) is 0.947. The molecule has 2 unspecified atom stereocenters. The van der Waals surface area contributed by atoms with Crippen molar-refractivity contribution in [3.8, 4) is 0 Å². The molecule has 0 radical (unpaired) electrons. The van der Waals surface area contributed by atoms with Gasteiger partial charge in [-0.15, -0.1) is 0 Å². The van der Waals surface area contributed by atoms with Crippen LogP contribution in [0.15, 0.2) is 0 Å². The van der Waals surface area contributed by atoms with Crippen LogP contribution in [0.25, 0.3) is 0 Å². The molecule has 0 spiro atoms. The molecule has 1 saturated heterocycles. The Balaban J connectivity index is -0.000000595. The van der Waals surface area contributed by atoms with Crippen LogP contribution in [0.4, 0.5) is 0 Å². The van der Waals surface area contributed by atoms with E-state index in [1.165, 1.54) is 19.3 Å². The number of amides is 1. The maximum absolute atomic E-state index is 11.5. The lowest BCUT2D eigenvalue weighted by atomic mass is 10.2. The zero-order valence-corrected chi connectivity index (χ0v) is 17.5. The first-order valence-electron chi connectivity index (χ1n) is 9.83. The van der Waals surface area contributed by atoms with Crippen LogP contribution >= 0.6 is 0 Å². The van der Waals surface area contributed by atoms with Gasteiger partial charge in [-0.05, 0) is 32.9 Å². The van der Waals surface area contributed by atoms with Gasteiger partial charge < -0.3 is 15.5 Å². The molecule has 142 valence electrons.